The lowest BCUT2D eigenvalue weighted by atomic mass is 10.0. The molecule has 51 heavy (non-hydrogen) atoms. The SMILES string of the molecule is [2H]c1c([2H])c([2H])c(-c2cccc(-n3c4ccccc4c4cc(-c5ccc6c(c5)c5c([2H])c([2H])c([2H])c([2H])c5n6-c5cccc6sc7ccccc7c56)ccc43)c2)c([2H])c1[2H]. The van der Waals surface area contributed by atoms with Gasteiger partial charge in [0.05, 0.1) is 40.1 Å². The van der Waals surface area contributed by atoms with Crippen LogP contribution in [0, 0.1) is 0 Å². The van der Waals surface area contributed by atoms with E-state index in [1.165, 1.54) is 0 Å². The van der Waals surface area contributed by atoms with Gasteiger partial charge >= 0.3 is 0 Å². The molecular formula is C48H30N2S. The van der Waals surface area contributed by atoms with Crippen LogP contribution in [0.4, 0.5) is 0 Å². The molecule has 0 radical (unpaired) electrons. The van der Waals surface area contributed by atoms with Crippen LogP contribution in [0.25, 0.3) is 97.4 Å². The Morgan fingerprint density at radius 1 is 0.392 bits per heavy atom. The highest BCUT2D eigenvalue weighted by Gasteiger charge is 2.18. The first-order valence-electron chi connectivity index (χ1n) is 21.2. The van der Waals surface area contributed by atoms with Crippen molar-refractivity contribution in [3.63, 3.8) is 0 Å². The Labute approximate surface area is 311 Å². The highest BCUT2D eigenvalue weighted by molar-refractivity contribution is 7.25. The van der Waals surface area contributed by atoms with Crippen molar-refractivity contribution in [2.75, 3.05) is 0 Å². The van der Waals surface area contributed by atoms with E-state index in [4.69, 9.17) is 9.60 Å². The molecule has 0 atom stereocenters. The highest BCUT2D eigenvalue weighted by atomic mass is 32.1. The quantitative estimate of drug-likeness (QED) is 0.176. The molecule has 3 heteroatoms. The van der Waals surface area contributed by atoms with Crippen molar-refractivity contribution in [2.24, 2.45) is 0 Å². The normalized spacial score (nSPS) is 14.4. The summed E-state index contributed by atoms with van der Waals surface area (Å²) in [6, 6.07) is 39.8. The van der Waals surface area contributed by atoms with E-state index in [0.29, 0.717) is 16.5 Å². The number of fused-ring (bicyclic) bond motifs is 9. The van der Waals surface area contributed by atoms with E-state index >= 15 is 0 Å². The molecule has 8 aromatic carbocycles. The van der Waals surface area contributed by atoms with E-state index < -0.39 is 6.04 Å². The minimum absolute atomic E-state index is 0.0846. The van der Waals surface area contributed by atoms with E-state index in [9.17, 15) is 2.74 Å². The van der Waals surface area contributed by atoms with Crippen LogP contribution in [0.5, 0.6) is 0 Å². The predicted molar refractivity (Wildman–Crippen MR) is 219 cm³/mol. The maximum Gasteiger partial charge on any atom is 0.0645 e. The average Bonchev–Trinajstić information content (AvgIpc) is 3.94. The summed E-state index contributed by atoms with van der Waals surface area (Å²) in [5.41, 5.74) is 7.16. The Morgan fingerprint density at radius 2 is 1.04 bits per heavy atom. The summed E-state index contributed by atoms with van der Waals surface area (Å²) >= 11 is 1.70. The fraction of sp³-hybridized carbons (Fsp3) is 0. The van der Waals surface area contributed by atoms with Crippen molar-refractivity contribution < 1.29 is 12.3 Å². The summed E-state index contributed by atoms with van der Waals surface area (Å²) < 4.78 is 83.9. The van der Waals surface area contributed by atoms with Gasteiger partial charge in [-0.05, 0) is 89.0 Å². The molecule has 238 valence electrons. The predicted octanol–water partition coefficient (Wildman–Crippen LogP) is 13.6. The molecule has 0 aliphatic heterocycles. The summed E-state index contributed by atoms with van der Waals surface area (Å²) in [6.45, 7) is 0. The first kappa shape index (κ1) is 20.9. The summed E-state index contributed by atoms with van der Waals surface area (Å²) in [5.74, 6) is 0. The van der Waals surface area contributed by atoms with Crippen LogP contribution >= 0.6 is 11.3 Å². The molecule has 0 saturated heterocycles. The Bertz CT molecular complexity index is 3650. The van der Waals surface area contributed by atoms with Gasteiger partial charge in [0.2, 0.25) is 0 Å². The second kappa shape index (κ2) is 11.0. The van der Waals surface area contributed by atoms with Crippen molar-refractivity contribution in [1.82, 2.24) is 9.13 Å². The van der Waals surface area contributed by atoms with Gasteiger partial charge in [0.25, 0.3) is 0 Å². The molecule has 0 bridgehead atoms. The van der Waals surface area contributed by atoms with Gasteiger partial charge in [-0.3, -0.25) is 0 Å². The first-order chi connectivity index (χ1) is 29.0. The van der Waals surface area contributed by atoms with Crippen molar-refractivity contribution in [3.8, 4) is 33.6 Å². The maximum atomic E-state index is 9.20. The number of nitrogens with zero attached hydrogens (tertiary/aromatic N) is 2. The highest BCUT2D eigenvalue weighted by Crippen LogP contribution is 2.42. The minimum Gasteiger partial charge on any atom is -0.309 e. The molecule has 11 aromatic rings. The lowest BCUT2D eigenvalue weighted by Gasteiger charge is -2.11. The zero-order chi connectivity index (χ0) is 41.3. The van der Waals surface area contributed by atoms with Gasteiger partial charge in [0.1, 0.15) is 0 Å². The second-order valence-electron chi connectivity index (χ2n) is 12.7. The van der Waals surface area contributed by atoms with Crippen LogP contribution in [-0.4, -0.2) is 9.13 Å². The third-order valence-corrected chi connectivity index (χ3v) is 11.1. The monoisotopic (exact) mass is 675 g/mol. The number of thiophene rings is 1. The zero-order valence-corrected chi connectivity index (χ0v) is 27.7. The lowest BCUT2D eigenvalue weighted by molar-refractivity contribution is 1.18. The average molecular weight is 676 g/mol. The minimum atomic E-state index is -0.429. The zero-order valence-electron chi connectivity index (χ0n) is 35.9. The van der Waals surface area contributed by atoms with Gasteiger partial charge in [-0.1, -0.05) is 115 Å². The molecule has 0 unspecified atom stereocenters. The van der Waals surface area contributed by atoms with Crippen molar-refractivity contribution in [3.05, 3.63) is 182 Å². The van der Waals surface area contributed by atoms with E-state index in [2.05, 4.69) is 41.0 Å². The number of benzene rings is 8. The fourth-order valence-corrected chi connectivity index (χ4v) is 8.84. The topological polar surface area (TPSA) is 9.86 Å². The lowest BCUT2D eigenvalue weighted by Crippen LogP contribution is -1.94. The smallest absolute Gasteiger partial charge is 0.0645 e. The molecule has 0 fully saturated rings. The molecule has 11 rings (SSSR count). The van der Waals surface area contributed by atoms with Crippen molar-refractivity contribution in [2.45, 2.75) is 0 Å². The number of para-hydroxylation sites is 2. The fourth-order valence-electron chi connectivity index (χ4n) is 7.72. The molecular weight excluding hydrogens is 637 g/mol. The van der Waals surface area contributed by atoms with Gasteiger partial charge in [0.15, 0.2) is 0 Å². The van der Waals surface area contributed by atoms with Gasteiger partial charge in [-0.15, -0.1) is 11.3 Å². The molecule has 3 aromatic heterocycles. The Hall–Kier alpha value is -6.42. The first-order valence-corrected chi connectivity index (χ1v) is 17.5. The molecule has 0 N–H and O–H groups in total. The van der Waals surface area contributed by atoms with Crippen LogP contribution in [0.1, 0.15) is 12.3 Å². The molecule has 0 spiro atoms. The van der Waals surface area contributed by atoms with Crippen molar-refractivity contribution in [1.29, 1.82) is 0 Å². The molecule has 0 aliphatic rings. The van der Waals surface area contributed by atoms with Crippen LogP contribution in [0.15, 0.2) is 182 Å². The van der Waals surface area contributed by atoms with Crippen LogP contribution < -0.4 is 0 Å². The van der Waals surface area contributed by atoms with E-state index in [1.807, 2.05) is 89.5 Å². The Kier molecular flexibility index (Phi) is 4.54. The summed E-state index contributed by atoms with van der Waals surface area (Å²) in [7, 11) is 0. The number of rotatable bonds is 4. The third kappa shape index (κ3) is 4.29. The van der Waals surface area contributed by atoms with E-state index in [-0.39, 0.29) is 53.9 Å². The molecule has 2 nitrogen and oxygen atoms in total. The van der Waals surface area contributed by atoms with E-state index in [1.54, 1.807) is 17.4 Å². The Balaban J connectivity index is 1.12. The van der Waals surface area contributed by atoms with Crippen LogP contribution in [0.2, 0.25) is 0 Å². The van der Waals surface area contributed by atoms with Crippen molar-refractivity contribution >= 4 is 75.1 Å². The van der Waals surface area contributed by atoms with Crippen LogP contribution in [-0.2, 0) is 0 Å². The molecule has 0 aliphatic carbocycles. The van der Waals surface area contributed by atoms with Gasteiger partial charge in [-0.25, -0.2) is 0 Å². The molecule has 0 amide bonds. The number of hydrogen-bond donors (Lipinski definition) is 0. The summed E-state index contributed by atoms with van der Waals surface area (Å²) in [4.78, 5) is 0. The molecule has 3 heterocycles. The van der Waals surface area contributed by atoms with E-state index in [0.717, 1.165) is 75.4 Å². The summed E-state index contributed by atoms with van der Waals surface area (Å²) in [5, 5.41) is 5.30. The largest absolute Gasteiger partial charge is 0.309 e. The van der Waals surface area contributed by atoms with Gasteiger partial charge < -0.3 is 9.13 Å². The second-order valence-corrected chi connectivity index (χ2v) is 13.8. The third-order valence-electron chi connectivity index (χ3n) is 9.92. The number of hydrogen-bond acceptors (Lipinski definition) is 1. The standard InChI is InChI=1S/C48H30N2S/c1-2-12-31(13-3-1)32-14-10-15-35(28-32)49-41-19-7-4-16-36(41)39-29-33(24-26-43(39)49)34-25-27-44-40(30-34)37-17-5-8-20-42(37)50(44)45-21-11-23-47-48(45)38-18-6-9-22-46(38)51-47/h1-30H/i1D,2D,3D,5D,8D,12D,13D,17D,20D. The molecule has 0 saturated carbocycles. The van der Waals surface area contributed by atoms with Crippen LogP contribution in [0.3, 0.4) is 0 Å². The van der Waals surface area contributed by atoms with Gasteiger partial charge in [0, 0.05) is 47.4 Å². The summed E-state index contributed by atoms with van der Waals surface area (Å²) in [6.07, 6.45) is 0. The Morgan fingerprint density at radius 3 is 1.90 bits per heavy atom. The van der Waals surface area contributed by atoms with Gasteiger partial charge in [-0.2, -0.15) is 0 Å². The number of aromatic nitrogens is 2. The maximum absolute atomic E-state index is 9.20.